The number of nitrogens with one attached hydrogen (secondary N) is 1. The molecule has 1 N–H and O–H groups in total. The Hall–Kier alpha value is -1.84. The van der Waals surface area contributed by atoms with E-state index < -0.39 is 4.92 Å². The number of hydrogen-bond donors (Lipinski definition) is 1. The zero-order chi connectivity index (χ0) is 18.7. The fourth-order valence-corrected chi connectivity index (χ4v) is 4.21. The molecule has 0 saturated carbocycles. The van der Waals surface area contributed by atoms with Gasteiger partial charge < -0.3 is 15.0 Å². The number of thioether (sulfide) groups is 1. The molecule has 1 aromatic carbocycles. The Morgan fingerprint density at radius 1 is 1.35 bits per heavy atom. The Labute approximate surface area is 157 Å². The van der Waals surface area contributed by atoms with Crippen molar-refractivity contribution in [1.29, 1.82) is 0 Å². The van der Waals surface area contributed by atoms with Gasteiger partial charge in [-0.05, 0) is 18.7 Å². The van der Waals surface area contributed by atoms with Crippen LogP contribution in [-0.4, -0.2) is 79.3 Å². The Morgan fingerprint density at radius 3 is 2.69 bits per heavy atom. The van der Waals surface area contributed by atoms with E-state index in [9.17, 15) is 14.9 Å². The number of nitrogens with zero attached hydrogens (tertiary/aromatic N) is 3. The minimum Gasteiger partial charge on any atom is -0.495 e. The zero-order valence-electron chi connectivity index (χ0n) is 15.1. The van der Waals surface area contributed by atoms with Crippen molar-refractivity contribution in [3.05, 3.63) is 27.8 Å². The summed E-state index contributed by atoms with van der Waals surface area (Å²) in [6.45, 7) is 5.14. The van der Waals surface area contributed by atoms with E-state index in [0.29, 0.717) is 24.9 Å². The third-order valence-corrected chi connectivity index (χ3v) is 5.81. The van der Waals surface area contributed by atoms with E-state index in [4.69, 9.17) is 4.74 Å². The number of likely N-dealkylation sites (tertiary alicyclic amines) is 1. The van der Waals surface area contributed by atoms with Gasteiger partial charge in [-0.15, -0.1) is 11.8 Å². The van der Waals surface area contributed by atoms with Gasteiger partial charge in [0.15, 0.2) is 0 Å². The molecule has 0 bridgehead atoms. The van der Waals surface area contributed by atoms with Gasteiger partial charge in [-0.1, -0.05) is 0 Å². The topological polar surface area (TPSA) is 87.9 Å². The Bertz CT molecular complexity index is 694. The monoisotopic (exact) mass is 380 g/mol. The first-order valence-corrected chi connectivity index (χ1v) is 9.92. The van der Waals surface area contributed by atoms with E-state index in [1.165, 1.54) is 24.9 Å². The SMILES string of the molecule is COc1cc([N+](=O)[O-])c(C(=O)N2CCC(N3CCNCC3)C2)cc1SC. The maximum atomic E-state index is 13.0. The largest absolute Gasteiger partial charge is 0.495 e. The maximum Gasteiger partial charge on any atom is 0.285 e. The minimum atomic E-state index is -0.510. The van der Waals surface area contributed by atoms with Gasteiger partial charge in [-0.3, -0.25) is 19.8 Å². The summed E-state index contributed by atoms with van der Waals surface area (Å²) in [4.78, 5) is 28.8. The van der Waals surface area contributed by atoms with Crippen LogP contribution >= 0.6 is 11.8 Å². The number of benzene rings is 1. The van der Waals surface area contributed by atoms with Crippen LogP contribution in [-0.2, 0) is 0 Å². The molecule has 2 heterocycles. The molecule has 0 aromatic heterocycles. The first kappa shape index (κ1) is 18.9. The van der Waals surface area contributed by atoms with E-state index in [1.807, 2.05) is 6.26 Å². The van der Waals surface area contributed by atoms with Crippen molar-refractivity contribution in [2.24, 2.45) is 0 Å². The summed E-state index contributed by atoms with van der Waals surface area (Å²) in [5.74, 6) is 0.146. The molecule has 9 heteroatoms. The number of nitro benzene ring substituents is 1. The minimum absolute atomic E-state index is 0.140. The number of hydrogen-bond acceptors (Lipinski definition) is 7. The van der Waals surface area contributed by atoms with E-state index in [1.54, 1.807) is 11.0 Å². The molecule has 2 aliphatic heterocycles. The normalized spacial score (nSPS) is 21.0. The number of carbonyl (C=O) groups excluding carboxylic acids is 1. The standard InChI is InChI=1S/C17H24N4O4S/c1-25-15-10-14(21(23)24)13(9-16(15)26-2)17(22)20-6-3-12(11-20)19-7-4-18-5-8-19/h9-10,12,18H,3-8,11H2,1-2H3. The lowest BCUT2D eigenvalue weighted by molar-refractivity contribution is -0.385. The lowest BCUT2D eigenvalue weighted by Crippen LogP contribution is -2.49. The molecule has 1 unspecified atom stereocenters. The summed E-state index contributed by atoms with van der Waals surface area (Å²) < 4.78 is 5.22. The summed E-state index contributed by atoms with van der Waals surface area (Å²) in [7, 11) is 1.47. The lowest BCUT2D eigenvalue weighted by atomic mass is 10.1. The molecule has 1 aromatic rings. The Morgan fingerprint density at radius 2 is 2.08 bits per heavy atom. The molecule has 26 heavy (non-hydrogen) atoms. The number of ether oxygens (including phenoxy) is 1. The van der Waals surface area contributed by atoms with Crippen LogP contribution in [0.4, 0.5) is 5.69 Å². The molecule has 0 aliphatic carbocycles. The van der Waals surface area contributed by atoms with Crippen LogP contribution in [0.2, 0.25) is 0 Å². The zero-order valence-corrected chi connectivity index (χ0v) is 15.9. The predicted octanol–water partition coefficient (Wildman–Crippen LogP) is 1.45. The van der Waals surface area contributed by atoms with Gasteiger partial charge in [0.1, 0.15) is 11.3 Å². The van der Waals surface area contributed by atoms with Gasteiger partial charge in [0.2, 0.25) is 0 Å². The molecule has 0 radical (unpaired) electrons. The fourth-order valence-electron chi connectivity index (χ4n) is 3.63. The molecule has 8 nitrogen and oxygen atoms in total. The van der Waals surface area contributed by atoms with Gasteiger partial charge in [0.05, 0.1) is 23.0 Å². The number of piperazine rings is 1. The highest BCUT2D eigenvalue weighted by Crippen LogP contribution is 2.35. The number of nitro groups is 1. The fraction of sp³-hybridized carbons (Fsp3) is 0.588. The van der Waals surface area contributed by atoms with Crippen molar-refractivity contribution >= 4 is 23.4 Å². The molecule has 2 saturated heterocycles. The van der Waals surface area contributed by atoms with Crippen LogP contribution in [0, 0.1) is 10.1 Å². The van der Waals surface area contributed by atoms with Gasteiger partial charge in [0, 0.05) is 45.3 Å². The van der Waals surface area contributed by atoms with Crippen molar-refractivity contribution in [3.8, 4) is 5.75 Å². The summed E-state index contributed by atoms with van der Waals surface area (Å²) >= 11 is 1.40. The van der Waals surface area contributed by atoms with Crippen molar-refractivity contribution in [1.82, 2.24) is 15.1 Å². The van der Waals surface area contributed by atoms with E-state index >= 15 is 0 Å². The van der Waals surface area contributed by atoms with Crippen LogP contribution in [0.1, 0.15) is 16.8 Å². The third kappa shape index (κ3) is 3.79. The van der Waals surface area contributed by atoms with E-state index in [-0.39, 0.29) is 17.2 Å². The highest BCUT2D eigenvalue weighted by molar-refractivity contribution is 7.98. The summed E-state index contributed by atoms with van der Waals surface area (Å²) in [6.07, 6.45) is 2.76. The maximum absolute atomic E-state index is 13.0. The number of amides is 1. The molecule has 142 valence electrons. The second-order valence-electron chi connectivity index (χ2n) is 6.46. The highest BCUT2D eigenvalue weighted by atomic mass is 32.2. The second kappa shape index (κ2) is 8.24. The van der Waals surface area contributed by atoms with E-state index in [0.717, 1.165) is 37.5 Å². The molecular formula is C17H24N4O4S. The highest BCUT2D eigenvalue weighted by Gasteiger charge is 2.34. The van der Waals surface area contributed by atoms with Crippen LogP contribution in [0.3, 0.4) is 0 Å². The predicted molar refractivity (Wildman–Crippen MR) is 100 cm³/mol. The van der Waals surface area contributed by atoms with Crippen LogP contribution in [0.5, 0.6) is 5.75 Å². The average Bonchev–Trinajstić information content (AvgIpc) is 3.17. The van der Waals surface area contributed by atoms with Crippen LogP contribution < -0.4 is 10.1 Å². The van der Waals surface area contributed by atoms with Crippen molar-refractivity contribution in [2.45, 2.75) is 17.4 Å². The third-order valence-electron chi connectivity index (χ3n) is 5.05. The number of carbonyl (C=O) groups is 1. The number of rotatable bonds is 5. The lowest BCUT2D eigenvalue weighted by Gasteiger charge is -2.32. The second-order valence-corrected chi connectivity index (χ2v) is 7.31. The number of methoxy groups -OCH3 is 1. The van der Waals surface area contributed by atoms with E-state index in [2.05, 4.69) is 10.2 Å². The van der Waals surface area contributed by atoms with Gasteiger partial charge in [-0.25, -0.2) is 0 Å². The van der Waals surface area contributed by atoms with Gasteiger partial charge >= 0.3 is 0 Å². The van der Waals surface area contributed by atoms with Crippen molar-refractivity contribution in [2.75, 3.05) is 52.6 Å². The van der Waals surface area contributed by atoms with Crippen LogP contribution in [0.25, 0.3) is 0 Å². The molecule has 3 rings (SSSR count). The molecule has 2 fully saturated rings. The smallest absolute Gasteiger partial charge is 0.285 e. The Balaban J connectivity index is 1.82. The summed E-state index contributed by atoms with van der Waals surface area (Å²) in [6, 6.07) is 3.27. The Kier molecular flexibility index (Phi) is 6.00. The molecular weight excluding hydrogens is 356 g/mol. The molecule has 2 aliphatic rings. The first-order chi connectivity index (χ1) is 12.5. The first-order valence-electron chi connectivity index (χ1n) is 8.69. The van der Waals surface area contributed by atoms with Gasteiger partial charge in [-0.2, -0.15) is 0 Å². The van der Waals surface area contributed by atoms with Gasteiger partial charge in [0.25, 0.3) is 11.6 Å². The summed E-state index contributed by atoms with van der Waals surface area (Å²) in [5, 5.41) is 14.8. The molecule has 1 amide bonds. The average molecular weight is 380 g/mol. The van der Waals surface area contributed by atoms with Crippen LogP contribution in [0.15, 0.2) is 17.0 Å². The quantitative estimate of drug-likeness (QED) is 0.470. The summed E-state index contributed by atoms with van der Waals surface area (Å²) in [5.41, 5.74) is -0.0589. The molecule has 0 spiro atoms. The van der Waals surface area contributed by atoms with Crippen molar-refractivity contribution in [3.63, 3.8) is 0 Å². The van der Waals surface area contributed by atoms with Crippen molar-refractivity contribution < 1.29 is 14.5 Å². The molecule has 1 atom stereocenters.